The number of hydrogen-bond acceptors (Lipinski definition) is 3. The first-order valence-electron chi connectivity index (χ1n) is 7.67. The van der Waals surface area contributed by atoms with Crippen LogP contribution >= 0.6 is 22.9 Å². The van der Waals surface area contributed by atoms with Crippen LogP contribution < -0.4 is 5.32 Å². The van der Waals surface area contributed by atoms with E-state index in [1.54, 1.807) is 18.4 Å². The average molecular weight is 316 g/mol. The minimum atomic E-state index is 0.549. The number of ether oxygens (including phenoxy) is 1. The second-order valence-corrected chi connectivity index (χ2v) is 7.30. The molecule has 1 saturated carbocycles. The van der Waals surface area contributed by atoms with Crippen molar-refractivity contribution in [2.24, 2.45) is 5.41 Å². The zero-order valence-electron chi connectivity index (χ0n) is 12.4. The van der Waals surface area contributed by atoms with Crippen LogP contribution in [-0.4, -0.2) is 26.8 Å². The molecule has 0 aromatic carbocycles. The van der Waals surface area contributed by atoms with Gasteiger partial charge in [-0.1, -0.05) is 24.4 Å². The lowest BCUT2D eigenvalue weighted by Crippen LogP contribution is -2.27. The molecular weight excluding hydrogens is 290 g/mol. The molecule has 0 spiro atoms. The van der Waals surface area contributed by atoms with Crippen molar-refractivity contribution in [2.75, 3.05) is 26.8 Å². The summed E-state index contributed by atoms with van der Waals surface area (Å²) < 4.78 is 5.07. The molecular formula is C16H26ClNOS. The van der Waals surface area contributed by atoms with Crippen molar-refractivity contribution < 1.29 is 4.74 Å². The number of rotatable bonds is 9. The van der Waals surface area contributed by atoms with E-state index in [1.807, 2.05) is 6.07 Å². The number of thiophene rings is 1. The molecule has 1 heterocycles. The fraction of sp³-hybridized carbons (Fsp3) is 0.750. The van der Waals surface area contributed by atoms with Crippen LogP contribution in [0.2, 0.25) is 5.02 Å². The van der Waals surface area contributed by atoms with E-state index in [1.165, 1.54) is 43.4 Å². The second-order valence-electron chi connectivity index (χ2n) is 5.89. The summed E-state index contributed by atoms with van der Waals surface area (Å²) in [7, 11) is 1.75. The molecule has 114 valence electrons. The molecule has 0 radical (unpaired) electrons. The maximum Gasteiger partial charge on any atom is 0.0587 e. The minimum absolute atomic E-state index is 0.549. The largest absolute Gasteiger partial charge is 0.383 e. The lowest BCUT2D eigenvalue weighted by molar-refractivity contribution is 0.194. The Morgan fingerprint density at radius 1 is 1.30 bits per heavy atom. The summed E-state index contributed by atoms with van der Waals surface area (Å²) in [5.74, 6) is 0. The molecule has 1 fully saturated rings. The number of nitrogens with one attached hydrogen (secondary N) is 1. The molecule has 0 saturated heterocycles. The van der Waals surface area contributed by atoms with Crippen molar-refractivity contribution in [3.8, 4) is 0 Å². The molecule has 20 heavy (non-hydrogen) atoms. The van der Waals surface area contributed by atoms with Gasteiger partial charge in [-0.15, -0.1) is 11.3 Å². The molecule has 1 aromatic rings. The standard InChI is InChI=1S/C16H26ClNOS/c1-19-12-11-18-10-9-16(6-2-3-7-16)8-4-15-14(17)5-13-20-15/h5,13,18H,2-4,6-12H2,1H3. The summed E-state index contributed by atoms with van der Waals surface area (Å²) in [6.45, 7) is 2.88. The van der Waals surface area contributed by atoms with Crippen molar-refractivity contribution in [3.63, 3.8) is 0 Å². The van der Waals surface area contributed by atoms with Crippen LogP contribution in [0.15, 0.2) is 11.4 Å². The molecule has 0 bridgehead atoms. The highest BCUT2D eigenvalue weighted by atomic mass is 35.5. The first kappa shape index (κ1) is 16.3. The van der Waals surface area contributed by atoms with E-state index in [9.17, 15) is 0 Å². The van der Waals surface area contributed by atoms with E-state index in [2.05, 4.69) is 10.7 Å². The Morgan fingerprint density at radius 2 is 2.10 bits per heavy atom. The van der Waals surface area contributed by atoms with Gasteiger partial charge >= 0.3 is 0 Å². The minimum Gasteiger partial charge on any atom is -0.383 e. The van der Waals surface area contributed by atoms with Crippen LogP contribution in [0.5, 0.6) is 0 Å². The molecule has 2 nitrogen and oxygen atoms in total. The first-order chi connectivity index (χ1) is 9.76. The molecule has 0 unspecified atom stereocenters. The van der Waals surface area contributed by atoms with E-state index in [4.69, 9.17) is 16.3 Å². The Kier molecular flexibility index (Phi) is 6.82. The zero-order chi connectivity index (χ0) is 14.3. The molecule has 0 aliphatic heterocycles. The molecule has 1 aliphatic rings. The van der Waals surface area contributed by atoms with Crippen molar-refractivity contribution >= 4 is 22.9 Å². The van der Waals surface area contributed by atoms with E-state index in [0.717, 1.165) is 31.1 Å². The van der Waals surface area contributed by atoms with Crippen molar-refractivity contribution in [3.05, 3.63) is 21.3 Å². The van der Waals surface area contributed by atoms with Crippen LogP contribution in [0.4, 0.5) is 0 Å². The predicted octanol–water partition coefficient (Wildman–Crippen LogP) is 4.52. The van der Waals surface area contributed by atoms with Crippen LogP contribution in [0.1, 0.15) is 43.4 Å². The average Bonchev–Trinajstić information content (AvgIpc) is 3.06. The molecule has 2 rings (SSSR count). The highest BCUT2D eigenvalue weighted by molar-refractivity contribution is 7.10. The summed E-state index contributed by atoms with van der Waals surface area (Å²) in [6, 6.07) is 2.02. The van der Waals surface area contributed by atoms with Gasteiger partial charge in [-0.3, -0.25) is 0 Å². The van der Waals surface area contributed by atoms with Gasteiger partial charge in [-0.25, -0.2) is 0 Å². The molecule has 1 N–H and O–H groups in total. The maximum atomic E-state index is 6.22. The van der Waals surface area contributed by atoms with E-state index in [-0.39, 0.29) is 0 Å². The van der Waals surface area contributed by atoms with Gasteiger partial charge in [0.2, 0.25) is 0 Å². The van der Waals surface area contributed by atoms with Gasteiger partial charge in [0.25, 0.3) is 0 Å². The first-order valence-corrected chi connectivity index (χ1v) is 8.93. The Labute approximate surface area is 131 Å². The van der Waals surface area contributed by atoms with Crippen molar-refractivity contribution in [2.45, 2.75) is 44.9 Å². The van der Waals surface area contributed by atoms with Crippen LogP contribution in [0, 0.1) is 5.41 Å². The molecule has 0 atom stereocenters. The smallest absolute Gasteiger partial charge is 0.0587 e. The fourth-order valence-corrected chi connectivity index (χ4v) is 4.42. The van der Waals surface area contributed by atoms with Crippen LogP contribution in [0.25, 0.3) is 0 Å². The van der Waals surface area contributed by atoms with Crippen LogP contribution in [0.3, 0.4) is 0 Å². The number of methoxy groups -OCH3 is 1. The summed E-state index contributed by atoms with van der Waals surface area (Å²) in [6.07, 6.45) is 9.31. The Hall–Kier alpha value is -0.0900. The molecule has 1 aromatic heterocycles. The molecule has 1 aliphatic carbocycles. The third kappa shape index (κ3) is 4.73. The molecule has 4 heteroatoms. The van der Waals surface area contributed by atoms with Gasteiger partial charge < -0.3 is 10.1 Å². The SMILES string of the molecule is COCCNCCC1(CCc2sccc2Cl)CCCC1. The van der Waals surface area contributed by atoms with Crippen LogP contribution in [-0.2, 0) is 11.2 Å². The Balaban J connectivity index is 1.78. The van der Waals surface area contributed by atoms with Crippen molar-refractivity contribution in [1.82, 2.24) is 5.32 Å². The number of aryl methyl sites for hydroxylation is 1. The van der Waals surface area contributed by atoms with Gasteiger partial charge in [-0.05, 0) is 55.5 Å². The second kappa shape index (κ2) is 8.38. The normalized spacial score (nSPS) is 17.7. The fourth-order valence-electron chi connectivity index (χ4n) is 3.28. The van der Waals surface area contributed by atoms with Gasteiger partial charge in [0.15, 0.2) is 0 Å². The van der Waals surface area contributed by atoms with E-state index >= 15 is 0 Å². The lowest BCUT2D eigenvalue weighted by atomic mass is 9.78. The lowest BCUT2D eigenvalue weighted by Gasteiger charge is -2.29. The highest BCUT2D eigenvalue weighted by Crippen LogP contribution is 2.45. The summed E-state index contributed by atoms with van der Waals surface area (Å²) in [4.78, 5) is 1.37. The third-order valence-electron chi connectivity index (χ3n) is 4.55. The number of hydrogen-bond donors (Lipinski definition) is 1. The Bertz CT molecular complexity index is 388. The molecule has 0 amide bonds. The summed E-state index contributed by atoms with van der Waals surface area (Å²) >= 11 is 8.02. The summed E-state index contributed by atoms with van der Waals surface area (Å²) in [5, 5.41) is 6.56. The van der Waals surface area contributed by atoms with Gasteiger partial charge in [0.05, 0.1) is 11.6 Å². The maximum absolute atomic E-state index is 6.22. The predicted molar refractivity (Wildman–Crippen MR) is 87.9 cm³/mol. The van der Waals surface area contributed by atoms with Gasteiger partial charge in [0.1, 0.15) is 0 Å². The van der Waals surface area contributed by atoms with Gasteiger partial charge in [0, 0.05) is 18.5 Å². The van der Waals surface area contributed by atoms with E-state index in [0.29, 0.717) is 5.41 Å². The number of halogens is 1. The highest BCUT2D eigenvalue weighted by Gasteiger charge is 2.32. The topological polar surface area (TPSA) is 21.3 Å². The monoisotopic (exact) mass is 315 g/mol. The third-order valence-corrected chi connectivity index (χ3v) is 6.00. The van der Waals surface area contributed by atoms with Crippen molar-refractivity contribution in [1.29, 1.82) is 0 Å². The van der Waals surface area contributed by atoms with E-state index < -0.39 is 0 Å². The summed E-state index contributed by atoms with van der Waals surface area (Å²) in [5.41, 5.74) is 0.549. The quantitative estimate of drug-likeness (QED) is 0.676. The zero-order valence-corrected chi connectivity index (χ0v) is 14.0. The van der Waals surface area contributed by atoms with Gasteiger partial charge in [-0.2, -0.15) is 0 Å². The Morgan fingerprint density at radius 3 is 2.75 bits per heavy atom.